The normalized spacial score (nSPS) is 12.1. The number of fused-ring (bicyclic) bond motifs is 1. The molecule has 5 rings (SSSR count). The van der Waals surface area contributed by atoms with Gasteiger partial charge in [0.15, 0.2) is 0 Å². The van der Waals surface area contributed by atoms with Gasteiger partial charge in [-0.25, -0.2) is 4.72 Å². The number of hydrogen-bond donors (Lipinski definition) is 1. The lowest BCUT2D eigenvalue weighted by molar-refractivity contribution is -0.0446. The molecule has 10 heteroatoms. The summed E-state index contributed by atoms with van der Waals surface area (Å²) in [7, 11) is -5.79. The summed E-state index contributed by atoms with van der Waals surface area (Å²) in [6.45, 7) is 0. The fourth-order valence-electron chi connectivity index (χ4n) is 4.67. The largest absolute Gasteiger partial charge is 0.516 e. The van der Waals surface area contributed by atoms with E-state index >= 15 is 0 Å². The predicted molar refractivity (Wildman–Crippen MR) is 151 cm³/mol. The van der Waals surface area contributed by atoms with Crippen LogP contribution in [-0.2, 0) is 16.4 Å². The molecule has 204 valence electrons. The van der Waals surface area contributed by atoms with Gasteiger partial charge in [0.05, 0.1) is 6.04 Å². The zero-order chi connectivity index (χ0) is 28.5. The molecule has 1 N–H and O–H groups in total. The monoisotopic (exact) mass is 626 g/mol. The van der Waals surface area contributed by atoms with E-state index in [2.05, 4.69) is 57.0 Å². The number of nitrogens with one attached hydrogen (secondary N) is 1. The van der Waals surface area contributed by atoms with Crippen LogP contribution in [0, 0.1) is 0 Å². The van der Waals surface area contributed by atoms with Crippen LogP contribution in [0.5, 0.6) is 0 Å². The van der Waals surface area contributed by atoms with Crippen molar-refractivity contribution < 1.29 is 26.4 Å². The van der Waals surface area contributed by atoms with Gasteiger partial charge in [-0.15, -0.1) is 0 Å². The molecule has 0 aliphatic carbocycles. The van der Waals surface area contributed by atoms with E-state index in [4.69, 9.17) is 0 Å². The van der Waals surface area contributed by atoms with Gasteiger partial charge >= 0.3 is 15.5 Å². The molecule has 5 nitrogen and oxygen atoms in total. The molecule has 0 atom stereocenters. The first-order valence-electron chi connectivity index (χ1n) is 12.1. The average Bonchev–Trinajstić information content (AvgIpc) is 3.26. The minimum absolute atomic E-state index is 0.0959. The number of carbonyl (C=O) groups is 1. The molecule has 0 spiro atoms. The van der Waals surface area contributed by atoms with Crippen LogP contribution in [0.2, 0.25) is 0 Å². The molecule has 0 fully saturated rings. The van der Waals surface area contributed by atoms with Crippen molar-refractivity contribution in [2.75, 3.05) is 0 Å². The van der Waals surface area contributed by atoms with Gasteiger partial charge in [0, 0.05) is 27.1 Å². The van der Waals surface area contributed by atoms with Crippen molar-refractivity contribution in [1.82, 2.24) is 9.29 Å². The summed E-state index contributed by atoms with van der Waals surface area (Å²) >= 11 is 3.57. The molecule has 4 aromatic carbocycles. The Hall–Kier alpha value is -3.89. The summed E-state index contributed by atoms with van der Waals surface area (Å²) in [6, 6.07) is 32.1. The summed E-state index contributed by atoms with van der Waals surface area (Å²) in [5.41, 5.74) is -0.731. The Morgan fingerprint density at radius 2 is 1.43 bits per heavy atom. The number of sulfonamides is 1. The van der Waals surface area contributed by atoms with Gasteiger partial charge in [-0.2, -0.15) is 21.6 Å². The average molecular weight is 627 g/mol. The van der Waals surface area contributed by atoms with E-state index in [9.17, 15) is 26.4 Å². The Morgan fingerprint density at radius 3 is 1.98 bits per heavy atom. The van der Waals surface area contributed by atoms with E-state index in [1.54, 1.807) is 12.1 Å². The van der Waals surface area contributed by atoms with Crippen LogP contribution in [0.25, 0.3) is 10.9 Å². The molecule has 1 aromatic heterocycles. The van der Waals surface area contributed by atoms with Crippen LogP contribution in [0.15, 0.2) is 114 Å². The Morgan fingerprint density at radius 1 is 0.850 bits per heavy atom. The van der Waals surface area contributed by atoms with Gasteiger partial charge in [0.2, 0.25) is 0 Å². The third kappa shape index (κ3) is 5.68. The van der Waals surface area contributed by atoms with Crippen molar-refractivity contribution in [3.63, 3.8) is 0 Å². The Balaban J connectivity index is 1.51. The van der Waals surface area contributed by atoms with Gasteiger partial charge in [0.1, 0.15) is 0 Å². The highest BCUT2D eigenvalue weighted by Gasteiger charge is 2.47. The number of aromatic nitrogens is 1. The molecule has 1 amide bonds. The molecule has 40 heavy (non-hydrogen) atoms. The molecular formula is C30H22BrF3N2O3S. The maximum Gasteiger partial charge on any atom is 0.516 e. The molecule has 5 aromatic rings. The van der Waals surface area contributed by atoms with Gasteiger partial charge in [-0.3, -0.25) is 4.79 Å². The zero-order valence-electron chi connectivity index (χ0n) is 20.8. The van der Waals surface area contributed by atoms with Crippen molar-refractivity contribution in [3.05, 3.63) is 142 Å². The Bertz CT molecular complexity index is 1730. The quantitative estimate of drug-likeness (QED) is 0.207. The highest BCUT2D eigenvalue weighted by Crippen LogP contribution is 2.35. The van der Waals surface area contributed by atoms with Crippen molar-refractivity contribution in [2.24, 2.45) is 0 Å². The predicted octanol–water partition coefficient (Wildman–Crippen LogP) is 7.21. The summed E-state index contributed by atoms with van der Waals surface area (Å²) in [4.78, 5) is 12.1. The molecule has 0 saturated carbocycles. The minimum atomic E-state index is -5.79. The van der Waals surface area contributed by atoms with Gasteiger partial charge in [0.25, 0.3) is 5.91 Å². The van der Waals surface area contributed by atoms with Crippen molar-refractivity contribution in [1.29, 1.82) is 0 Å². The molecule has 1 heterocycles. The fraction of sp³-hybridized carbons (Fsp3) is 0.100. The number of benzene rings is 4. The number of alkyl halides is 3. The van der Waals surface area contributed by atoms with E-state index in [1.807, 2.05) is 48.5 Å². The smallest absolute Gasteiger partial charge is 0.336 e. The summed E-state index contributed by atoms with van der Waals surface area (Å²) in [6.07, 6.45) is 2.57. The molecule has 0 bridgehead atoms. The van der Waals surface area contributed by atoms with Crippen LogP contribution < -0.4 is 4.72 Å². The van der Waals surface area contributed by atoms with Crippen molar-refractivity contribution >= 4 is 42.8 Å². The maximum atomic E-state index is 12.6. The van der Waals surface area contributed by atoms with E-state index in [-0.39, 0.29) is 11.6 Å². The van der Waals surface area contributed by atoms with E-state index in [0.717, 1.165) is 42.4 Å². The summed E-state index contributed by atoms with van der Waals surface area (Å²) < 4.78 is 64.7. The molecule has 0 aliphatic heterocycles. The SMILES string of the molecule is O=C(NS(=O)(=O)C(F)(F)F)c1ccc(Cc2cn(C(c3ccccc3)c3ccccc3)c3ccc(Br)cc23)cc1. The minimum Gasteiger partial charge on any atom is -0.336 e. The van der Waals surface area contributed by atoms with E-state index in [0.29, 0.717) is 6.42 Å². The standard InChI is InChI=1S/C30H22BrF3N2O3S/c31-25-15-16-27-26(18-25)24(17-20-11-13-23(14-12-20)29(37)35-40(38,39)30(32,33)34)19-36(27)28(21-7-3-1-4-8-21)22-9-5-2-6-10-22/h1-16,18-19,28H,17H2,(H,35,37). The number of hydrogen-bond acceptors (Lipinski definition) is 3. The highest BCUT2D eigenvalue weighted by molar-refractivity contribution is 9.10. The first-order valence-corrected chi connectivity index (χ1v) is 14.4. The van der Waals surface area contributed by atoms with Gasteiger partial charge in [-0.05, 0) is 59.0 Å². The Labute approximate surface area is 237 Å². The second kappa shape index (κ2) is 10.9. The van der Waals surface area contributed by atoms with Crippen molar-refractivity contribution in [3.8, 4) is 0 Å². The van der Waals surface area contributed by atoms with Crippen LogP contribution in [0.4, 0.5) is 13.2 Å². The topological polar surface area (TPSA) is 68.2 Å². The number of amides is 1. The number of carbonyl (C=O) groups excluding carboxylic acids is 1. The summed E-state index contributed by atoms with van der Waals surface area (Å²) in [5.74, 6) is -1.35. The summed E-state index contributed by atoms with van der Waals surface area (Å²) in [5, 5.41) is 1.02. The molecular weight excluding hydrogens is 605 g/mol. The second-order valence-corrected chi connectivity index (χ2v) is 11.8. The van der Waals surface area contributed by atoms with Gasteiger partial charge in [-0.1, -0.05) is 88.7 Å². The maximum absolute atomic E-state index is 12.6. The number of halogens is 4. The first kappa shape index (κ1) is 27.7. The number of nitrogens with zero attached hydrogens (tertiary/aromatic N) is 1. The molecule has 0 aliphatic rings. The lowest BCUT2D eigenvalue weighted by Crippen LogP contribution is -2.40. The third-order valence-electron chi connectivity index (χ3n) is 6.53. The lowest BCUT2D eigenvalue weighted by Gasteiger charge is -2.21. The lowest BCUT2D eigenvalue weighted by atomic mass is 9.98. The van der Waals surface area contributed by atoms with Crippen LogP contribution in [0.3, 0.4) is 0 Å². The number of rotatable bonds is 7. The highest BCUT2D eigenvalue weighted by atomic mass is 79.9. The van der Waals surface area contributed by atoms with Gasteiger partial charge < -0.3 is 4.57 Å². The van der Waals surface area contributed by atoms with Crippen LogP contribution in [-0.4, -0.2) is 24.4 Å². The Kier molecular flexibility index (Phi) is 7.57. The zero-order valence-corrected chi connectivity index (χ0v) is 23.2. The van der Waals surface area contributed by atoms with Crippen LogP contribution >= 0.6 is 15.9 Å². The van der Waals surface area contributed by atoms with Crippen LogP contribution in [0.1, 0.15) is 38.7 Å². The molecule has 0 radical (unpaired) electrons. The second-order valence-electron chi connectivity index (χ2n) is 9.20. The fourth-order valence-corrected chi connectivity index (χ4v) is 5.51. The molecule has 0 saturated heterocycles. The first-order chi connectivity index (χ1) is 19.0. The molecule has 0 unspecified atom stereocenters. The van der Waals surface area contributed by atoms with E-state index < -0.39 is 21.4 Å². The third-order valence-corrected chi connectivity index (χ3v) is 8.09. The van der Waals surface area contributed by atoms with E-state index in [1.165, 1.54) is 12.1 Å². The van der Waals surface area contributed by atoms with Crippen molar-refractivity contribution in [2.45, 2.75) is 18.0 Å².